The Hall–Kier alpha value is -4.40. The lowest BCUT2D eigenvalue weighted by atomic mass is 10.0. The zero-order valence-corrected chi connectivity index (χ0v) is 41.2. The number of carboxylic acids is 2. The molecule has 0 rings (SSSR count). The lowest BCUT2D eigenvalue weighted by Crippen LogP contribution is -2.43. The maximum atomic E-state index is 12.2. The number of carbonyl (C=O) groups excluding carboxylic acids is 6. The van der Waals surface area contributed by atoms with Gasteiger partial charge in [0, 0.05) is 64.8 Å². The number of carbonyl (C=O) groups is 8. The first kappa shape index (κ1) is 63.6. The summed E-state index contributed by atoms with van der Waals surface area (Å²) in [5.41, 5.74) is 0. The van der Waals surface area contributed by atoms with Crippen molar-refractivity contribution in [3.05, 3.63) is 0 Å². The van der Waals surface area contributed by atoms with E-state index in [4.69, 9.17) is 24.1 Å². The normalized spacial score (nSPS) is 11.4. The topological polar surface area (TPSA) is 286 Å². The van der Waals surface area contributed by atoms with Crippen molar-refractivity contribution in [3.8, 4) is 0 Å². The molecular formula is C48H88N6O14. The average Bonchev–Trinajstić information content (AvgIpc) is 3.30. The van der Waals surface area contributed by atoms with E-state index in [-0.39, 0.29) is 115 Å². The Labute approximate surface area is 405 Å². The summed E-state index contributed by atoms with van der Waals surface area (Å²) in [4.78, 5) is 94.3. The zero-order chi connectivity index (χ0) is 50.1. The largest absolute Gasteiger partial charge is 0.481 e. The van der Waals surface area contributed by atoms with Crippen LogP contribution in [0.15, 0.2) is 0 Å². The van der Waals surface area contributed by atoms with Crippen LogP contribution in [0.2, 0.25) is 0 Å². The summed E-state index contributed by atoms with van der Waals surface area (Å²) in [5.74, 6) is -3.53. The van der Waals surface area contributed by atoms with Crippen molar-refractivity contribution in [2.75, 3.05) is 85.6 Å². The number of amides is 6. The second-order valence-electron chi connectivity index (χ2n) is 16.8. The van der Waals surface area contributed by atoms with Crippen molar-refractivity contribution in [2.24, 2.45) is 0 Å². The average molecular weight is 973 g/mol. The molecule has 0 saturated heterocycles. The first-order valence-electron chi connectivity index (χ1n) is 25.3. The quantitative estimate of drug-likeness (QED) is 0.0400. The molecule has 0 fully saturated rings. The predicted molar refractivity (Wildman–Crippen MR) is 257 cm³/mol. The van der Waals surface area contributed by atoms with E-state index in [0.717, 1.165) is 57.8 Å². The first-order valence-corrected chi connectivity index (χ1v) is 25.3. The number of nitrogens with one attached hydrogen (secondary N) is 6. The number of carboxylic acid groups (broad SMARTS) is 2. The highest BCUT2D eigenvalue weighted by Crippen LogP contribution is 2.14. The van der Waals surface area contributed by atoms with Gasteiger partial charge in [-0.05, 0) is 38.5 Å². The number of ether oxygens (including phenoxy) is 4. The minimum atomic E-state index is -1.28. The highest BCUT2D eigenvalue weighted by atomic mass is 16.5. The van der Waals surface area contributed by atoms with Crippen LogP contribution in [0, 0.1) is 0 Å². The smallest absolute Gasteiger partial charge is 0.326 e. The Morgan fingerprint density at radius 1 is 0.368 bits per heavy atom. The van der Waals surface area contributed by atoms with E-state index < -0.39 is 30.5 Å². The molecule has 6 amide bonds. The van der Waals surface area contributed by atoms with Crippen LogP contribution >= 0.6 is 0 Å². The molecule has 8 N–H and O–H groups in total. The highest BCUT2D eigenvalue weighted by Gasteiger charge is 2.21. The third kappa shape index (κ3) is 46.7. The SMILES string of the molecule is CCCCCNC(=O)CCCNC(=O)CCC(NC(=O)COCCOCCNC(=O)COCCOCCNC(=O)CCCNC(=O)CCCCCCCCCCCCCCCCC(=O)O)C(=O)O. The van der Waals surface area contributed by atoms with Crippen molar-refractivity contribution >= 4 is 47.4 Å². The van der Waals surface area contributed by atoms with Crippen molar-refractivity contribution in [1.29, 1.82) is 0 Å². The summed E-state index contributed by atoms with van der Waals surface area (Å²) in [6, 6.07) is -1.27. The van der Waals surface area contributed by atoms with Gasteiger partial charge >= 0.3 is 11.9 Å². The Bertz CT molecular complexity index is 1360. The number of hydrogen-bond acceptors (Lipinski definition) is 12. The van der Waals surface area contributed by atoms with Gasteiger partial charge in [0.15, 0.2) is 0 Å². The van der Waals surface area contributed by atoms with E-state index in [9.17, 15) is 43.5 Å². The summed E-state index contributed by atoms with van der Waals surface area (Å²) in [6.07, 6.45) is 21.1. The fourth-order valence-corrected chi connectivity index (χ4v) is 6.71. The van der Waals surface area contributed by atoms with Crippen LogP contribution in [-0.4, -0.2) is 149 Å². The maximum absolute atomic E-state index is 12.2. The molecule has 0 saturated carbocycles. The van der Waals surface area contributed by atoms with Crippen molar-refractivity contribution in [1.82, 2.24) is 31.9 Å². The molecule has 1 atom stereocenters. The predicted octanol–water partition coefficient (Wildman–Crippen LogP) is 4.06. The van der Waals surface area contributed by atoms with Gasteiger partial charge in [0.25, 0.3) is 0 Å². The Morgan fingerprint density at radius 3 is 1.19 bits per heavy atom. The number of rotatable bonds is 50. The molecule has 0 aliphatic carbocycles. The summed E-state index contributed by atoms with van der Waals surface area (Å²) in [6.45, 7) is 4.54. The van der Waals surface area contributed by atoms with E-state index in [1.807, 2.05) is 0 Å². The number of hydrogen-bond donors (Lipinski definition) is 8. The standard InChI is InChI=1S/C48H88N6O14/c1-2-3-18-27-49-42(56)22-19-29-51-44(58)26-25-40(48(63)64)54-46(60)39-68-37-35-66-33-31-53-45(59)38-67-36-34-65-32-30-52-43(57)23-20-28-50-41(55)21-16-14-12-10-8-6-4-5-7-9-11-13-15-17-24-47(61)62/h40H,2-39H2,1H3,(H,49,56)(H,50,55)(H,51,58)(H,52,57)(H,53,59)(H,54,60)(H,61,62)(H,63,64). The van der Waals surface area contributed by atoms with Crippen molar-refractivity contribution in [2.45, 2.75) is 173 Å². The van der Waals surface area contributed by atoms with Gasteiger partial charge in [-0.1, -0.05) is 96.8 Å². The van der Waals surface area contributed by atoms with E-state index >= 15 is 0 Å². The van der Waals surface area contributed by atoms with Crippen LogP contribution in [0.3, 0.4) is 0 Å². The van der Waals surface area contributed by atoms with E-state index in [0.29, 0.717) is 45.3 Å². The summed E-state index contributed by atoms with van der Waals surface area (Å²) < 4.78 is 21.3. The van der Waals surface area contributed by atoms with Crippen LogP contribution in [0.25, 0.3) is 0 Å². The second-order valence-corrected chi connectivity index (χ2v) is 16.8. The van der Waals surface area contributed by atoms with Gasteiger partial charge in [-0.15, -0.1) is 0 Å². The van der Waals surface area contributed by atoms with Gasteiger partial charge in [-0.3, -0.25) is 33.6 Å². The molecule has 0 spiro atoms. The second kappa shape index (κ2) is 47.7. The highest BCUT2D eigenvalue weighted by molar-refractivity contribution is 5.85. The van der Waals surface area contributed by atoms with Crippen LogP contribution in [0.4, 0.5) is 0 Å². The van der Waals surface area contributed by atoms with Crippen LogP contribution in [0.1, 0.15) is 167 Å². The lowest BCUT2D eigenvalue weighted by molar-refractivity contribution is -0.143. The molecule has 394 valence electrons. The fourth-order valence-electron chi connectivity index (χ4n) is 6.71. The minimum Gasteiger partial charge on any atom is -0.481 e. The monoisotopic (exact) mass is 973 g/mol. The van der Waals surface area contributed by atoms with Crippen molar-refractivity contribution in [3.63, 3.8) is 0 Å². The molecule has 20 heteroatoms. The molecule has 1 unspecified atom stereocenters. The Morgan fingerprint density at radius 2 is 0.735 bits per heavy atom. The molecule has 0 heterocycles. The molecule has 0 aromatic carbocycles. The number of unbranched alkanes of at least 4 members (excludes halogenated alkanes) is 15. The van der Waals surface area contributed by atoms with Gasteiger partial charge in [-0.25, -0.2) is 4.79 Å². The van der Waals surface area contributed by atoms with Gasteiger partial charge in [0.2, 0.25) is 35.4 Å². The maximum Gasteiger partial charge on any atom is 0.326 e. The molecule has 20 nitrogen and oxygen atoms in total. The molecule has 0 aromatic heterocycles. The van der Waals surface area contributed by atoms with Crippen LogP contribution < -0.4 is 31.9 Å². The Balaban J connectivity index is 3.60. The Kier molecular flexibility index (Phi) is 44.6. The van der Waals surface area contributed by atoms with Gasteiger partial charge in [0.05, 0.1) is 39.6 Å². The molecular weight excluding hydrogens is 885 g/mol. The third-order valence-corrected chi connectivity index (χ3v) is 10.6. The minimum absolute atomic E-state index is 0.0217. The van der Waals surface area contributed by atoms with Crippen LogP contribution in [0.5, 0.6) is 0 Å². The summed E-state index contributed by atoms with van der Waals surface area (Å²) in [5, 5.41) is 34.2. The molecule has 68 heavy (non-hydrogen) atoms. The van der Waals surface area contributed by atoms with Crippen LogP contribution in [-0.2, 0) is 57.3 Å². The summed E-state index contributed by atoms with van der Waals surface area (Å²) >= 11 is 0. The summed E-state index contributed by atoms with van der Waals surface area (Å²) in [7, 11) is 0. The van der Waals surface area contributed by atoms with Gasteiger partial charge in [0.1, 0.15) is 19.3 Å². The van der Waals surface area contributed by atoms with Gasteiger partial charge < -0.3 is 61.1 Å². The molecule has 0 aromatic rings. The third-order valence-electron chi connectivity index (χ3n) is 10.6. The van der Waals surface area contributed by atoms with Gasteiger partial charge in [-0.2, -0.15) is 0 Å². The molecule has 0 aliphatic rings. The zero-order valence-electron chi connectivity index (χ0n) is 41.2. The molecule has 0 bridgehead atoms. The van der Waals surface area contributed by atoms with E-state index in [1.54, 1.807) is 0 Å². The van der Waals surface area contributed by atoms with Crippen molar-refractivity contribution < 1.29 is 67.5 Å². The first-order chi connectivity index (χ1) is 32.9. The fraction of sp³-hybridized carbons (Fsp3) is 0.833. The lowest BCUT2D eigenvalue weighted by Gasteiger charge is -2.14. The molecule has 0 aliphatic heterocycles. The molecule has 0 radical (unpaired) electrons. The number of aliphatic carboxylic acids is 2. The van der Waals surface area contributed by atoms with E-state index in [2.05, 4.69) is 38.8 Å². The van der Waals surface area contributed by atoms with E-state index in [1.165, 1.54) is 51.4 Å².